The van der Waals surface area contributed by atoms with Gasteiger partial charge >= 0.3 is 0 Å². The van der Waals surface area contributed by atoms with Crippen LogP contribution in [0, 0.1) is 0 Å². The summed E-state index contributed by atoms with van der Waals surface area (Å²) in [4.78, 5) is 0. The molecule has 0 bridgehead atoms. The molecule has 2 rings (SSSR count). The molecule has 0 spiro atoms. The minimum Gasteiger partial charge on any atom is -0.399 e. The van der Waals surface area contributed by atoms with Crippen LogP contribution in [0.15, 0.2) is 60.3 Å². The maximum atomic E-state index is 5.96. The van der Waals surface area contributed by atoms with Gasteiger partial charge in [0.15, 0.2) is 0 Å². The lowest BCUT2D eigenvalue weighted by atomic mass is 10.0. The minimum absolute atomic E-state index is 0.759. The van der Waals surface area contributed by atoms with Crippen LogP contribution >= 0.6 is 0 Å². The maximum absolute atomic E-state index is 5.96. The van der Waals surface area contributed by atoms with E-state index in [1.165, 1.54) is 5.22 Å². The van der Waals surface area contributed by atoms with E-state index in [1.54, 1.807) is 0 Å². The van der Waals surface area contributed by atoms with Crippen LogP contribution in [-0.4, -0.2) is 0 Å². The van der Waals surface area contributed by atoms with Crippen molar-refractivity contribution in [2.45, 2.75) is 12.8 Å². The molecule has 0 unspecified atom stereocenters. The predicted molar refractivity (Wildman–Crippen MR) is 74.4 cm³/mol. The van der Waals surface area contributed by atoms with Gasteiger partial charge in [-0.15, -0.1) is 0 Å². The van der Waals surface area contributed by atoms with Gasteiger partial charge in [-0.05, 0) is 34.9 Å². The normalized spacial score (nSPS) is 23.4. The Morgan fingerprint density at radius 3 is 2.35 bits per heavy atom. The molecule has 0 aliphatic heterocycles. The SMILES string of the molecule is C=C1/C=c2/cccc/c2=C/C(=C)/C(N)=C\CC1. The van der Waals surface area contributed by atoms with Crippen molar-refractivity contribution in [3.8, 4) is 0 Å². The second-order valence-electron chi connectivity index (χ2n) is 4.30. The van der Waals surface area contributed by atoms with E-state index in [1.807, 2.05) is 24.3 Å². The van der Waals surface area contributed by atoms with Crippen LogP contribution in [0.2, 0.25) is 0 Å². The Bertz CT molecular complexity index is 603. The fourth-order valence-corrected chi connectivity index (χ4v) is 1.88. The Morgan fingerprint density at radius 1 is 1.00 bits per heavy atom. The first kappa shape index (κ1) is 11.5. The number of allylic oxidation sites excluding steroid dienone is 3. The standard InChI is InChI=1S/C16H17N/c1-12-6-5-9-16(17)13(2)11-15-8-4-3-7-14(15)10-12/h3-4,7-11H,1-2,5-6,17H2/b14-10-,15-11-,16-9+. The van der Waals surface area contributed by atoms with Crippen LogP contribution in [0.1, 0.15) is 12.8 Å². The van der Waals surface area contributed by atoms with Crippen molar-refractivity contribution in [3.05, 3.63) is 70.8 Å². The van der Waals surface area contributed by atoms with Crippen molar-refractivity contribution in [3.63, 3.8) is 0 Å². The van der Waals surface area contributed by atoms with E-state index in [0.29, 0.717) is 0 Å². The zero-order valence-corrected chi connectivity index (χ0v) is 9.95. The molecule has 0 aromatic heterocycles. The molecular formula is C16H17N. The van der Waals surface area contributed by atoms with Crippen LogP contribution in [0.25, 0.3) is 12.2 Å². The van der Waals surface area contributed by atoms with E-state index in [2.05, 4.69) is 31.4 Å². The molecule has 1 aromatic carbocycles. The van der Waals surface area contributed by atoms with Gasteiger partial charge in [-0.2, -0.15) is 0 Å². The van der Waals surface area contributed by atoms with E-state index in [4.69, 9.17) is 5.73 Å². The highest BCUT2D eigenvalue weighted by molar-refractivity contribution is 5.57. The van der Waals surface area contributed by atoms with E-state index in [0.717, 1.165) is 34.9 Å². The highest BCUT2D eigenvalue weighted by atomic mass is 14.6. The van der Waals surface area contributed by atoms with Gasteiger partial charge in [-0.1, -0.05) is 55.1 Å². The third-order valence-corrected chi connectivity index (χ3v) is 2.89. The topological polar surface area (TPSA) is 26.0 Å². The third kappa shape index (κ3) is 2.76. The van der Waals surface area contributed by atoms with Gasteiger partial charge in [0.1, 0.15) is 0 Å². The molecule has 1 aromatic rings. The first-order chi connectivity index (χ1) is 8.16. The van der Waals surface area contributed by atoms with Crippen molar-refractivity contribution in [1.82, 2.24) is 0 Å². The molecular weight excluding hydrogens is 206 g/mol. The first-order valence-electron chi connectivity index (χ1n) is 5.78. The molecule has 86 valence electrons. The number of rotatable bonds is 0. The Balaban J connectivity index is 2.68. The van der Waals surface area contributed by atoms with Gasteiger partial charge in [0.05, 0.1) is 0 Å². The van der Waals surface area contributed by atoms with Gasteiger partial charge in [-0.25, -0.2) is 0 Å². The van der Waals surface area contributed by atoms with Crippen LogP contribution in [-0.2, 0) is 0 Å². The molecule has 0 atom stereocenters. The molecule has 0 amide bonds. The first-order valence-corrected chi connectivity index (χ1v) is 5.78. The Morgan fingerprint density at radius 2 is 1.65 bits per heavy atom. The van der Waals surface area contributed by atoms with Crippen molar-refractivity contribution in [1.29, 1.82) is 0 Å². The molecule has 0 radical (unpaired) electrons. The molecule has 1 aliphatic carbocycles. The summed E-state index contributed by atoms with van der Waals surface area (Å²) < 4.78 is 0. The Kier molecular flexibility index (Phi) is 3.29. The average Bonchev–Trinajstić information content (AvgIpc) is 2.30. The van der Waals surface area contributed by atoms with Gasteiger partial charge in [0, 0.05) is 5.70 Å². The van der Waals surface area contributed by atoms with Crippen molar-refractivity contribution < 1.29 is 0 Å². The summed E-state index contributed by atoms with van der Waals surface area (Å²) >= 11 is 0. The van der Waals surface area contributed by atoms with Crippen LogP contribution < -0.4 is 16.2 Å². The highest BCUT2D eigenvalue weighted by Gasteiger charge is 1.98. The molecule has 2 N–H and O–H groups in total. The largest absolute Gasteiger partial charge is 0.399 e. The summed E-state index contributed by atoms with van der Waals surface area (Å²) in [7, 11) is 0. The van der Waals surface area contributed by atoms with Gasteiger partial charge < -0.3 is 5.73 Å². The van der Waals surface area contributed by atoms with Crippen LogP contribution in [0.5, 0.6) is 0 Å². The molecule has 0 heterocycles. The van der Waals surface area contributed by atoms with E-state index in [9.17, 15) is 0 Å². The summed E-state index contributed by atoms with van der Waals surface area (Å²) in [5, 5.41) is 2.31. The lowest BCUT2D eigenvalue weighted by molar-refractivity contribution is 1.01. The Labute approximate surface area is 102 Å². The summed E-state index contributed by atoms with van der Waals surface area (Å²) in [5.41, 5.74) is 8.72. The number of benzene rings is 1. The zero-order chi connectivity index (χ0) is 12.3. The zero-order valence-electron chi connectivity index (χ0n) is 9.95. The third-order valence-electron chi connectivity index (χ3n) is 2.89. The van der Waals surface area contributed by atoms with Crippen LogP contribution in [0.3, 0.4) is 0 Å². The predicted octanol–water partition coefficient (Wildman–Crippen LogP) is 2.00. The minimum atomic E-state index is 0.759. The summed E-state index contributed by atoms with van der Waals surface area (Å²) in [6.45, 7) is 8.07. The van der Waals surface area contributed by atoms with Gasteiger partial charge in [-0.3, -0.25) is 0 Å². The average molecular weight is 223 g/mol. The van der Waals surface area contributed by atoms with E-state index < -0.39 is 0 Å². The van der Waals surface area contributed by atoms with E-state index >= 15 is 0 Å². The molecule has 1 nitrogen and oxygen atoms in total. The maximum Gasteiger partial charge on any atom is 0.0341 e. The molecule has 17 heavy (non-hydrogen) atoms. The summed E-state index contributed by atoms with van der Waals surface area (Å²) in [6.07, 6.45) is 8.02. The van der Waals surface area contributed by atoms with Crippen LogP contribution in [0.4, 0.5) is 0 Å². The van der Waals surface area contributed by atoms with Crippen molar-refractivity contribution >= 4 is 12.2 Å². The van der Waals surface area contributed by atoms with Gasteiger partial charge in [0.2, 0.25) is 0 Å². The fraction of sp³-hybridized carbons (Fsp3) is 0.125. The van der Waals surface area contributed by atoms with Crippen molar-refractivity contribution in [2.75, 3.05) is 0 Å². The molecule has 0 fully saturated rings. The van der Waals surface area contributed by atoms with Gasteiger partial charge in [0.25, 0.3) is 0 Å². The van der Waals surface area contributed by atoms with E-state index in [-0.39, 0.29) is 0 Å². The molecule has 1 aliphatic rings. The Hall–Kier alpha value is -2.02. The lowest BCUT2D eigenvalue weighted by Crippen LogP contribution is -2.24. The smallest absolute Gasteiger partial charge is 0.0341 e. The number of fused-ring (bicyclic) bond motifs is 1. The molecule has 0 saturated carbocycles. The molecule has 1 heteroatoms. The summed E-state index contributed by atoms with van der Waals surface area (Å²) in [6, 6.07) is 8.21. The monoisotopic (exact) mass is 223 g/mol. The second-order valence-corrected chi connectivity index (χ2v) is 4.30. The lowest BCUT2D eigenvalue weighted by Gasteiger charge is -2.04. The number of nitrogens with two attached hydrogens (primary N) is 1. The highest BCUT2D eigenvalue weighted by Crippen LogP contribution is 2.10. The number of hydrogen-bond donors (Lipinski definition) is 1. The second kappa shape index (κ2) is 4.88. The quantitative estimate of drug-likeness (QED) is 0.715. The number of hydrogen-bond acceptors (Lipinski definition) is 1. The molecule has 0 saturated heterocycles. The fourth-order valence-electron chi connectivity index (χ4n) is 1.88. The van der Waals surface area contributed by atoms with Crippen molar-refractivity contribution in [2.24, 2.45) is 5.73 Å². The summed E-state index contributed by atoms with van der Waals surface area (Å²) in [5.74, 6) is 0.